The number of hydrogen-bond acceptors (Lipinski definition) is 2. The maximum Gasteiger partial charge on any atom is 0.326 e. The van der Waals surface area contributed by atoms with Crippen molar-refractivity contribution in [2.75, 3.05) is 7.05 Å². The fraction of sp³-hybridized carbons (Fsp3) is 0.222. The second kappa shape index (κ2) is 7.41. The maximum atomic E-state index is 12.3. The van der Waals surface area contributed by atoms with Crippen molar-refractivity contribution in [2.45, 2.75) is 18.9 Å². The first-order chi connectivity index (χ1) is 10.6. The quantitative estimate of drug-likeness (QED) is 0.890. The summed E-state index contributed by atoms with van der Waals surface area (Å²) in [5, 5.41) is 9.43. The third-order valence-corrected chi connectivity index (χ3v) is 3.62. The van der Waals surface area contributed by atoms with Gasteiger partial charge in [-0.2, -0.15) is 0 Å². The largest absolute Gasteiger partial charge is 0.480 e. The molecule has 0 fully saturated rings. The molecule has 114 valence electrons. The average Bonchev–Trinajstić information content (AvgIpc) is 2.53. The molecule has 22 heavy (non-hydrogen) atoms. The van der Waals surface area contributed by atoms with E-state index in [1.807, 2.05) is 60.7 Å². The molecule has 1 amide bonds. The summed E-state index contributed by atoms with van der Waals surface area (Å²) in [6, 6.07) is 17.8. The summed E-state index contributed by atoms with van der Waals surface area (Å²) >= 11 is 0. The van der Waals surface area contributed by atoms with E-state index < -0.39 is 12.0 Å². The van der Waals surface area contributed by atoms with Gasteiger partial charge in [0.05, 0.1) is 6.42 Å². The van der Waals surface area contributed by atoms with Crippen LogP contribution < -0.4 is 0 Å². The first-order valence-electron chi connectivity index (χ1n) is 7.14. The Balaban J connectivity index is 2.07. The Morgan fingerprint density at radius 3 is 1.95 bits per heavy atom. The van der Waals surface area contributed by atoms with Crippen LogP contribution in [0.15, 0.2) is 60.7 Å². The summed E-state index contributed by atoms with van der Waals surface area (Å²) in [6.45, 7) is 0. The van der Waals surface area contributed by atoms with Gasteiger partial charge in [0.2, 0.25) is 5.91 Å². The van der Waals surface area contributed by atoms with Crippen LogP contribution in [0.25, 0.3) is 0 Å². The minimum atomic E-state index is -0.993. The Labute approximate surface area is 130 Å². The molecule has 2 aromatic rings. The molecule has 2 rings (SSSR count). The normalized spacial score (nSPS) is 11.7. The lowest BCUT2D eigenvalue weighted by molar-refractivity contribution is -0.148. The van der Waals surface area contributed by atoms with Crippen LogP contribution in [0.5, 0.6) is 0 Å². The SMILES string of the molecule is CN(C(=O)Cc1ccccc1)C(Cc1ccccc1)C(=O)O. The van der Waals surface area contributed by atoms with Crippen LogP contribution in [0, 0.1) is 0 Å². The van der Waals surface area contributed by atoms with Crippen molar-refractivity contribution in [3.05, 3.63) is 71.8 Å². The second-order valence-corrected chi connectivity index (χ2v) is 5.21. The highest BCUT2D eigenvalue weighted by Gasteiger charge is 2.26. The number of aliphatic carboxylic acids is 1. The third-order valence-electron chi connectivity index (χ3n) is 3.62. The molecule has 1 atom stereocenters. The monoisotopic (exact) mass is 297 g/mol. The van der Waals surface area contributed by atoms with Crippen molar-refractivity contribution in [1.29, 1.82) is 0 Å². The van der Waals surface area contributed by atoms with E-state index in [1.165, 1.54) is 4.90 Å². The van der Waals surface area contributed by atoms with Crippen LogP contribution in [-0.2, 0) is 22.4 Å². The van der Waals surface area contributed by atoms with Gasteiger partial charge in [-0.1, -0.05) is 60.7 Å². The van der Waals surface area contributed by atoms with Gasteiger partial charge in [0.25, 0.3) is 0 Å². The van der Waals surface area contributed by atoms with Gasteiger partial charge < -0.3 is 10.0 Å². The molecule has 1 unspecified atom stereocenters. The second-order valence-electron chi connectivity index (χ2n) is 5.21. The van der Waals surface area contributed by atoms with E-state index in [-0.39, 0.29) is 12.3 Å². The summed E-state index contributed by atoms with van der Waals surface area (Å²) in [7, 11) is 1.55. The lowest BCUT2D eigenvalue weighted by Crippen LogP contribution is -2.44. The Morgan fingerprint density at radius 2 is 1.45 bits per heavy atom. The number of hydrogen-bond donors (Lipinski definition) is 1. The molecule has 0 aliphatic rings. The number of carbonyl (C=O) groups excluding carboxylic acids is 1. The Morgan fingerprint density at radius 1 is 0.955 bits per heavy atom. The first kappa shape index (κ1) is 15.8. The third kappa shape index (κ3) is 4.19. The van der Waals surface area contributed by atoms with Gasteiger partial charge in [-0.05, 0) is 11.1 Å². The number of rotatable bonds is 6. The fourth-order valence-corrected chi connectivity index (χ4v) is 2.30. The Kier molecular flexibility index (Phi) is 5.31. The van der Waals surface area contributed by atoms with Crippen molar-refractivity contribution in [3.63, 3.8) is 0 Å². The van der Waals surface area contributed by atoms with Gasteiger partial charge in [0.1, 0.15) is 6.04 Å². The predicted octanol–water partition coefficient (Wildman–Crippen LogP) is 2.38. The molecule has 0 bridgehead atoms. The molecule has 0 radical (unpaired) electrons. The lowest BCUT2D eigenvalue weighted by atomic mass is 10.0. The van der Waals surface area contributed by atoms with E-state index in [0.29, 0.717) is 6.42 Å². The molecule has 2 aromatic carbocycles. The minimum Gasteiger partial charge on any atom is -0.480 e. The molecule has 0 aromatic heterocycles. The van der Waals surface area contributed by atoms with E-state index >= 15 is 0 Å². The van der Waals surface area contributed by atoms with E-state index in [2.05, 4.69) is 0 Å². The minimum absolute atomic E-state index is 0.200. The topological polar surface area (TPSA) is 57.6 Å². The van der Waals surface area contributed by atoms with Crippen LogP contribution in [0.2, 0.25) is 0 Å². The molecule has 0 aliphatic heterocycles. The zero-order valence-electron chi connectivity index (χ0n) is 12.5. The van der Waals surface area contributed by atoms with Crippen molar-refractivity contribution in [3.8, 4) is 0 Å². The Hall–Kier alpha value is -2.62. The number of benzene rings is 2. The standard InChI is InChI=1S/C18H19NO3/c1-19(17(20)13-15-10-6-3-7-11-15)16(18(21)22)12-14-8-4-2-5-9-14/h2-11,16H,12-13H2,1H3,(H,21,22). The highest BCUT2D eigenvalue weighted by molar-refractivity contribution is 5.85. The van der Waals surface area contributed by atoms with E-state index in [0.717, 1.165) is 11.1 Å². The average molecular weight is 297 g/mol. The fourth-order valence-electron chi connectivity index (χ4n) is 2.30. The molecule has 0 aliphatic carbocycles. The van der Waals surface area contributed by atoms with Gasteiger partial charge in [-0.15, -0.1) is 0 Å². The summed E-state index contributed by atoms with van der Waals surface area (Å²) in [5.74, 6) is -1.19. The smallest absolute Gasteiger partial charge is 0.326 e. The molecule has 0 saturated heterocycles. The summed E-state index contributed by atoms with van der Waals surface area (Å²) in [5.41, 5.74) is 1.78. The van der Waals surface area contributed by atoms with Gasteiger partial charge in [0, 0.05) is 13.5 Å². The number of carboxylic acids is 1. The van der Waals surface area contributed by atoms with Crippen molar-refractivity contribution in [2.24, 2.45) is 0 Å². The number of amides is 1. The zero-order chi connectivity index (χ0) is 15.9. The maximum absolute atomic E-state index is 12.3. The van der Waals surface area contributed by atoms with Crippen molar-refractivity contribution < 1.29 is 14.7 Å². The van der Waals surface area contributed by atoms with Gasteiger partial charge >= 0.3 is 5.97 Å². The highest BCUT2D eigenvalue weighted by Crippen LogP contribution is 2.11. The first-order valence-corrected chi connectivity index (χ1v) is 7.14. The lowest BCUT2D eigenvalue weighted by Gasteiger charge is -2.25. The molecular formula is C18H19NO3. The van der Waals surface area contributed by atoms with Gasteiger partial charge in [0.15, 0.2) is 0 Å². The molecule has 0 saturated carbocycles. The van der Waals surface area contributed by atoms with E-state index in [9.17, 15) is 14.7 Å². The van der Waals surface area contributed by atoms with Crippen LogP contribution >= 0.6 is 0 Å². The molecular weight excluding hydrogens is 278 g/mol. The Bertz CT molecular complexity index is 625. The van der Waals surface area contributed by atoms with Crippen molar-refractivity contribution in [1.82, 2.24) is 4.90 Å². The van der Waals surface area contributed by atoms with Crippen LogP contribution in [0.3, 0.4) is 0 Å². The number of nitrogens with zero attached hydrogens (tertiary/aromatic N) is 1. The van der Waals surface area contributed by atoms with Crippen LogP contribution in [0.4, 0.5) is 0 Å². The highest BCUT2D eigenvalue weighted by atomic mass is 16.4. The molecule has 0 heterocycles. The molecule has 4 nitrogen and oxygen atoms in total. The van der Waals surface area contributed by atoms with Gasteiger partial charge in [-0.3, -0.25) is 4.79 Å². The molecule has 4 heteroatoms. The predicted molar refractivity (Wildman–Crippen MR) is 84.5 cm³/mol. The summed E-state index contributed by atoms with van der Waals surface area (Å²) in [4.78, 5) is 25.1. The number of carboxylic acid groups (broad SMARTS) is 1. The van der Waals surface area contributed by atoms with Crippen molar-refractivity contribution >= 4 is 11.9 Å². The number of carbonyl (C=O) groups is 2. The zero-order valence-corrected chi connectivity index (χ0v) is 12.5. The molecule has 1 N–H and O–H groups in total. The van der Waals surface area contributed by atoms with Crippen LogP contribution in [-0.4, -0.2) is 35.0 Å². The van der Waals surface area contributed by atoms with Crippen LogP contribution in [0.1, 0.15) is 11.1 Å². The summed E-state index contributed by atoms with van der Waals surface area (Å²) < 4.78 is 0. The molecule has 0 spiro atoms. The van der Waals surface area contributed by atoms with E-state index in [4.69, 9.17) is 0 Å². The van der Waals surface area contributed by atoms with Gasteiger partial charge in [-0.25, -0.2) is 4.79 Å². The summed E-state index contributed by atoms with van der Waals surface area (Å²) in [6.07, 6.45) is 0.503. The van der Waals surface area contributed by atoms with E-state index in [1.54, 1.807) is 7.05 Å². The number of likely N-dealkylation sites (N-methyl/N-ethyl adjacent to an activating group) is 1.